The summed E-state index contributed by atoms with van der Waals surface area (Å²) in [5.74, 6) is 0.693. The predicted molar refractivity (Wildman–Crippen MR) is 84.7 cm³/mol. The molecule has 1 aliphatic heterocycles. The summed E-state index contributed by atoms with van der Waals surface area (Å²) in [5, 5.41) is 15.4. The third-order valence-electron chi connectivity index (χ3n) is 3.79. The van der Waals surface area contributed by atoms with E-state index >= 15 is 0 Å². The summed E-state index contributed by atoms with van der Waals surface area (Å²) in [6, 6.07) is -0.0209. The van der Waals surface area contributed by atoms with Gasteiger partial charge in [-0.3, -0.25) is 0 Å². The van der Waals surface area contributed by atoms with Gasteiger partial charge in [0.2, 0.25) is 0 Å². The zero-order chi connectivity index (χ0) is 15.2. The topological polar surface area (TPSA) is 65.5 Å². The average Bonchev–Trinajstić information content (AvgIpc) is 2.96. The average molecular weight is 311 g/mol. The van der Waals surface area contributed by atoms with E-state index in [4.69, 9.17) is 0 Å². The molecule has 1 aliphatic rings. The summed E-state index contributed by atoms with van der Waals surface area (Å²) in [5.41, 5.74) is 1.05. The van der Waals surface area contributed by atoms with Crippen molar-refractivity contribution in [2.45, 2.75) is 39.0 Å². The number of nitrogens with zero attached hydrogens (tertiary/aromatic N) is 2. The maximum absolute atomic E-state index is 12.1. The highest BCUT2D eigenvalue weighted by Gasteiger charge is 2.22. The van der Waals surface area contributed by atoms with Gasteiger partial charge >= 0.3 is 6.03 Å². The minimum absolute atomic E-state index is 0.0209. The van der Waals surface area contributed by atoms with E-state index in [1.54, 1.807) is 11.3 Å². The van der Waals surface area contributed by atoms with Crippen LogP contribution < -0.4 is 5.32 Å². The van der Waals surface area contributed by atoms with Crippen molar-refractivity contribution in [3.63, 3.8) is 0 Å². The van der Waals surface area contributed by atoms with E-state index < -0.39 is 0 Å². The second-order valence-electron chi connectivity index (χ2n) is 5.95. The first-order valence-corrected chi connectivity index (χ1v) is 8.56. The fourth-order valence-electron chi connectivity index (χ4n) is 2.51. The molecular weight excluding hydrogens is 286 g/mol. The van der Waals surface area contributed by atoms with E-state index in [2.05, 4.69) is 29.5 Å². The fourth-order valence-corrected chi connectivity index (χ4v) is 3.38. The van der Waals surface area contributed by atoms with Crippen LogP contribution in [0.1, 0.15) is 43.3 Å². The molecule has 1 unspecified atom stereocenters. The van der Waals surface area contributed by atoms with E-state index in [9.17, 15) is 9.90 Å². The molecule has 2 amide bonds. The largest absolute Gasteiger partial charge is 0.396 e. The van der Waals surface area contributed by atoms with E-state index in [0.717, 1.165) is 36.5 Å². The summed E-state index contributed by atoms with van der Waals surface area (Å²) in [7, 11) is 0. The van der Waals surface area contributed by atoms with Crippen LogP contribution in [0.15, 0.2) is 5.38 Å². The Hall–Kier alpha value is -1.14. The van der Waals surface area contributed by atoms with Crippen molar-refractivity contribution >= 4 is 17.4 Å². The minimum atomic E-state index is -0.0209. The number of aliphatic hydroxyl groups excluding tert-OH is 1. The maximum atomic E-state index is 12.1. The van der Waals surface area contributed by atoms with Gasteiger partial charge in [-0.15, -0.1) is 11.3 Å². The summed E-state index contributed by atoms with van der Waals surface area (Å²) in [6.07, 6.45) is 2.76. The quantitative estimate of drug-likeness (QED) is 0.876. The van der Waals surface area contributed by atoms with Gasteiger partial charge in [0.25, 0.3) is 0 Å². The van der Waals surface area contributed by atoms with E-state index in [1.165, 1.54) is 0 Å². The Morgan fingerprint density at radius 3 is 3.10 bits per heavy atom. The summed E-state index contributed by atoms with van der Waals surface area (Å²) in [4.78, 5) is 18.5. The van der Waals surface area contributed by atoms with Gasteiger partial charge in [0.15, 0.2) is 0 Å². The van der Waals surface area contributed by atoms with Gasteiger partial charge < -0.3 is 15.3 Å². The molecule has 1 saturated heterocycles. The monoisotopic (exact) mass is 311 g/mol. The number of aromatic nitrogens is 1. The van der Waals surface area contributed by atoms with Gasteiger partial charge in [-0.05, 0) is 18.8 Å². The smallest absolute Gasteiger partial charge is 0.317 e. The highest BCUT2D eigenvalue weighted by molar-refractivity contribution is 7.09. The standard InChI is InChI=1S/C15H25N3O2S/c1-11(2)14-17-13(10-21-14)5-6-16-15(20)18-7-3-4-12(8-18)9-19/h10-12,19H,3-9H2,1-2H3,(H,16,20). The summed E-state index contributed by atoms with van der Waals surface area (Å²) >= 11 is 1.69. The predicted octanol–water partition coefficient (Wildman–Crippen LogP) is 2.22. The number of urea groups is 1. The van der Waals surface area contributed by atoms with Crippen LogP contribution in [-0.2, 0) is 6.42 Å². The van der Waals surface area contributed by atoms with Crippen molar-refractivity contribution < 1.29 is 9.90 Å². The first kappa shape index (κ1) is 16.2. The Labute approximate surface area is 130 Å². The molecule has 5 nitrogen and oxygen atoms in total. The summed E-state index contributed by atoms with van der Waals surface area (Å²) < 4.78 is 0. The molecule has 0 saturated carbocycles. The first-order chi connectivity index (χ1) is 10.1. The first-order valence-electron chi connectivity index (χ1n) is 7.68. The van der Waals surface area contributed by atoms with E-state index in [-0.39, 0.29) is 18.6 Å². The Morgan fingerprint density at radius 1 is 1.62 bits per heavy atom. The number of piperidine rings is 1. The summed E-state index contributed by atoms with van der Waals surface area (Å²) in [6.45, 7) is 6.50. The number of likely N-dealkylation sites (tertiary alicyclic amines) is 1. The molecule has 6 heteroatoms. The van der Waals surface area contributed by atoms with Crippen molar-refractivity contribution in [3.8, 4) is 0 Å². The highest BCUT2D eigenvalue weighted by Crippen LogP contribution is 2.19. The van der Waals surface area contributed by atoms with Gasteiger partial charge in [0.05, 0.1) is 10.7 Å². The second kappa shape index (κ2) is 7.75. The van der Waals surface area contributed by atoms with E-state index in [0.29, 0.717) is 19.0 Å². The molecule has 0 bridgehead atoms. The van der Waals surface area contributed by atoms with Crippen molar-refractivity contribution in [3.05, 3.63) is 16.1 Å². The zero-order valence-electron chi connectivity index (χ0n) is 12.8. The Bertz CT molecular complexity index is 462. The van der Waals surface area contributed by atoms with Crippen LogP contribution in [0.4, 0.5) is 4.79 Å². The molecule has 0 aromatic carbocycles. The molecule has 2 N–H and O–H groups in total. The van der Waals surface area contributed by atoms with Gasteiger partial charge in [-0.25, -0.2) is 9.78 Å². The van der Waals surface area contributed by atoms with Crippen molar-refractivity contribution in [1.29, 1.82) is 0 Å². The van der Waals surface area contributed by atoms with Gasteiger partial charge in [-0.2, -0.15) is 0 Å². The Kier molecular flexibility index (Phi) is 5.99. The number of rotatable bonds is 5. The molecular formula is C15H25N3O2S. The normalized spacial score (nSPS) is 19.0. The fraction of sp³-hybridized carbons (Fsp3) is 0.733. The van der Waals surface area contributed by atoms with Crippen LogP contribution in [-0.4, -0.2) is 47.3 Å². The highest BCUT2D eigenvalue weighted by atomic mass is 32.1. The number of hydrogen-bond donors (Lipinski definition) is 2. The lowest BCUT2D eigenvalue weighted by atomic mass is 9.99. The Balaban J connectivity index is 1.73. The van der Waals surface area contributed by atoms with Gasteiger partial charge in [-0.1, -0.05) is 13.8 Å². The molecule has 1 aromatic rings. The molecule has 21 heavy (non-hydrogen) atoms. The lowest BCUT2D eigenvalue weighted by molar-refractivity contribution is 0.129. The number of amides is 2. The van der Waals surface area contributed by atoms with Crippen LogP contribution >= 0.6 is 11.3 Å². The van der Waals surface area contributed by atoms with Crippen LogP contribution in [0.25, 0.3) is 0 Å². The molecule has 2 heterocycles. The van der Waals surface area contributed by atoms with E-state index in [1.807, 2.05) is 4.90 Å². The number of aliphatic hydroxyl groups is 1. The molecule has 1 atom stereocenters. The third kappa shape index (κ3) is 4.68. The number of nitrogens with one attached hydrogen (secondary N) is 1. The van der Waals surface area contributed by atoms with Crippen LogP contribution in [0.3, 0.4) is 0 Å². The number of carbonyl (C=O) groups excluding carboxylic acids is 1. The number of hydrogen-bond acceptors (Lipinski definition) is 4. The maximum Gasteiger partial charge on any atom is 0.317 e. The zero-order valence-corrected chi connectivity index (χ0v) is 13.7. The molecule has 0 spiro atoms. The second-order valence-corrected chi connectivity index (χ2v) is 6.84. The van der Waals surface area contributed by atoms with Gasteiger partial charge in [0.1, 0.15) is 0 Å². The molecule has 2 rings (SSSR count). The van der Waals surface area contributed by atoms with Crippen molar-refractivity contribution in [1.82, 2.24) is 15.2 Å². The molecule has 118 valence electrons. The third-order valence-corrected chi connectivity index (χ3v) is 4.98. The lowest BCUT2D eigenvalue weighted by Crippen LogP contribution is -2.46. The van der Waals surface area contributed by atoms with Gasteiger partial charge in [0, 0.05) is 44.0 Å². The molecule has 0 radical (unpaired) electrons. The van der Waals surface area contributed by atoms with Crippen LogP contribution in [0.2, 0.25) is 0 Å². The van der Waals surface area contributed by atoms with Crippen LogP contribution in [0.5, 0.6) is 0 Å². The Morgan fingerprint density at radius 2 is 2.43 bits per heavy atom. The molecule has 0 aliphatic carbocycles. The van der Waals surface area contributed by atoms with Crippen molar-refractivity contribution in [2.75, 3.05) is 26.2 Å². The van der Waals surface area contributed by atoms with Crippen LogP contribution in [0, 0.1) is 5.92 Å². The lowest BCUT2D eigenvalue weighted by Gasteiger charge is -2.31. The minimum Gasteiger partial charge on any atom is -0.396 e. The molecule has 1 fully saturated rings. The number of carbonyl (C=O) groups is 1. The van der Waals surface area contributed by atoms with Crippen molar-refractivity contribution in [2.24, 2.45) is 5.92 Å². The number of thiazole rings is 1. The molecule has 1 aromatic heterocycles. The SMILES string of the molecule is CC(C)c1nc(CCNC(=O)N2CCCC(CO)C2)cs1.